The van der Waals surface area contributed by atoms with Gasteiger partial charge in [0.1, 0.15) is 10.9 Å². The molecule has 148 valence electrons. The number of aryl methyl sites for hydroxylation is 3. The first kappa shape index (κ1) is 20.3. The fourth-order valence-corrected chi connectivity index (χ4v) is 4.13. The van der Waals surface area contributed by atoms with Crippen molar-refractivity contribution in [1.29, 1.82) is 0 Å². The number of nitrogens with zero attached hydrogens (tertiary/aromatic N) is 2. The highest BCUT2D eigenvalue weighted by atomic mass is 32.1. The second kappa shape index (κ2) is 7.87. The molecular weight excluding hydrogens is 372 g/mol. The van der Waals surface area contributed by atoms with Crippen LogP contribution in [-0.2, 0) is 9.53 Å². The zero-order valence-electron chi connectivity index (χ0n) is 17.2. The van der Waals surface area contributed by atoms with Crippen LogP contribution in [0.25, 0.3) is 21.3 Å². The van der Waals surface area contributed by atoms with Crippen LogP contribution in [0, 0.1) is 20.8 Å². The number of hydrogen-bond acceptors (Lipinski definition) is 5. The molecule has 3 rings (SSSR count). The number of esters is 1. The SMILES string of the molecule is CC[C@H](C)OC(=O)[C@H](C)n1cnc2sc(C)c(-c3ccc(C)c(C)c3)c2c1=O. The number of carbonyl (C=O) groups is 1. The van der Waals surface area contributed by atoms with E-state index in [4.69, 9.17) is 4.74 Å². The summed E-state index contributed by atoms with van der Waals surface area (Å²) < 4.78 is 6.79. The first-order chi connectivity index (χ1) is 13.2. The Morgan fingerprint density at radius 1 is 1.21 bits per heavy atom. The van der Waals surface area contributed by atoms with Crippen molar-refractivity contribution in [3.8, 4) is 11.1 Å². The molecule has 2 atom stereocenters. The quantitative estimate of drug-likeness (QED) is 0.570. The van der Waals surface area contributed by atoms with Crippen molar-refractivity contribution in [2.45, 2.75) is 60.1 Å². The summed E-state index contributed by atoms with van der Waals surface area (Å²) in [7, 11) is 0. The molecule has 0 N–H and O–H groups in total. The predicted molar refractivity (Wildman–Crippen MR) is 114 cm³/mol. The zero-order chi connectivity index (χ0) is 20.6. The Bertz CT molecular complexity index is 1100. The second-order valence-corrected chi connectivity index (χ2v) is 8.50. The number of ether oxygens (including phenoxy) is 1. The molecule has 3 aromatic rings. The minimum Gasteiger partial charge on any atom is -0.461 e. The van der Waals surface area contributed by atoms with Gasteiger partial charge in [0.15, 0.2) is 0 Å². The van der Waals surface area contributed by atoms with Crippen molar-refractivity contribution in [3.63, 3.8) is 0 Å². The number of fused-ring (bicyclic) bond motifs is 1. The summed E-state index contributed by atoms with van der Waals surface area (Å²) in [5, 5.41) is 0.566. The van der Waals surface area contributed by atoms with E-state index in [-0.39, 0.29) is 11.7 Å². The van der Waals surface area contributed by atoms with E-state index in [0.29, 0.717) is 10.2 Å². The average Bonchev–Trinajstić information content (AvgIpc) is 3.00. The third-order valence-corrected chi connectivity index (χ3v) is 6.27. The predicted octanol–water partition coefficient (Wildman–Crippen LogP) is 4.95. The van der Waals surface area contributed by atoms with Crippen LogP contribution in [0.2, 0.25) is 0 Å². The molecule has 28 heavy (non-hydrogen) atoms. The molecule has 0 fully saturated rings. The first-order valence-electron chi connectivity index (χ1n) is 9.52. The first-order valence-corrected chi connectivity index (χ1v) is 10.3. The van der Waals surface area contributed by atoms with Gasteiger partial charge in [0.25, 0.3) is 5.56 Å². The maximum Gasteiger partial charge on any atom is 0.329 e. The molecule has 1 aromatic carbocycles. The lowest BCUT2D eigenvalue weighted by Crippen LogP contribution is -2.31. The minimum atomic E-state index is -0.730. The van der Waals surface area contributed by atoms with Crippen LogP contribution >= 0.6 is 11.3 Å². The van der Waals surface area contributed by atoms with E-state index in [1.807, 2.05) is 26.8 Å². The Morgan fingerprint density at radius 2 is 1.93 bits per heavy atom. The molecular formula is C22H26N2O3S. The van der Waals surface area contributed by atoms with Crippen LogP contribution in [0.5, 0.6) is 0 Å². The van der Waals surface area contributed by atoms with Gasteiger partial charge in [-0.3, -0.25) is 9.36 Å². The molecule has 0 saturated carbocycles. The van der Waals surface area contributed by atoms with E-state index in [9.17, 15) is 9.59 Å². The Balaban J connectivity index is 2.14. The largest absolute Gasteiger partial charge is 0.461 e. The summed E-state index contributed by atoms with van der Waals surface area (Å²) in [6.07, 6.45) is 2.00. The van der Waals surface area contributed by atoms with E-state index in [2.05, 4.69) is 31.0 Å². The van der Waals surface area contributed by atoms with Gasteiger partial charge in [-0.2, -0.15) is 0 Å². The fourth-order valence-electron chi connectivity index (χ4n) is 3.13. The Labute approximate surface area is 169 Å². The van der Waals surface area contributed by atoms with E-state index >= 15 is 0 Å². The maximum atomic E-state index is 13.3. The summed E-state index contributed by atoms with van der Waals surface area (Å²) in [5.74, 6) is -0.419. The summed E-state index contributed by atoms with van der Waals surface area (Å²) >= 11 is 1.50. The van der Waals surface area contributed by atoms with E-state index < -0.39 is 12.0 Å². The van der Waals surface area contributed by atoms with E-state index in [1.165, 1.54) is 33.4 Å². The molecule has 0 bridgehead atoms. The molecule has 0 saturated heterocycles. The van der Waals surface area contributed by atoms with Crippen LogP contribution in [-0.4, -0.2) is 21.6 Å². The fraction of sp³-hybridized carbons (Fsp3) is 0.409. The minimum absolute atomic E-state index is 0.183. The summed E-state index contributed by atoms with van der Waals surface area (Å²) in [4.78, 5) is 31.9. The zero-order valence-corrected chi connectivity index (χ0v) is 18.0. The number of carbonyl (C=O) groups excluding carboxylic acids is 1. The van der Waals surface area contributed by atoms with Gasteiger partial charge in [0, 0.05) is 10.4 Å². The van der Waals surface area contributed by atoms with Crippen LogP contribution in [0.15, 0.2) is 29.3 Å². The van der Waals surface area contributed by atoms with E-state index in [1.54, 1.807) is 6.92 Å². The van der Waals surface area contributed by atoms with Gasteiger partial charge < -0.3 is 4.74 Å². The number of thiophene rings is 1. The lowest BCUT2D eigenvalue weighted by Gasteiger charge is -2.17. The van der Waals surface area contributed by atoms with Crippen molar-refractivity contribution in [2.75, 3.05) is 0 Å². The van der Waals surface area contributed by atoms with Crippen molar-refractivity contribution in [2.24, 2.45) is 0 Å². The highest BCUT2D eigenvalue weighted by Gasteiger charge is 2.23. The van der Waals surface area contributed by atoms with Gasteiger partial charge in [-0.05, 0) is 57.7 Å². The van der Waals surface area contributed by atoms with Crippen LogP contribution in [0.1, 0.15) is 49.2 Å². The summed E-state index contributed by atoms with van der Waals surface area (Å²) in [6, 6.07) is 5.47. The lowest BCUT2D eigenvalue weighted by atomic mass is 9.99. The molecule has 0 aliphatic carbocycles. The molecule has 2 aromatic heterocycles. The molecule has 0 aliphatic heterocycles. The summed E-state index contributed by atoms with van der Waals surface area (Å²) in [5.41, 5.74) is 4.07. The third kappa shape index (κ3) is 3.61. The smallest absolute Gasteiger partial charge is 0.329 e. The molecule has 0 aliphatic rings. The number of rotatable bonds is 5. The van der Waals surface area contributed by atoms with Crippen LogP contribution in [0.4, 0.5) is 0 Å². The van der Waals surface area contributed by atoms with Gasteiger partial charge in [-0.15, -0.1) is 11.3 Å². The highest BCUT2D eigenvalue weighted by Crippen LogP contribution is 2.36. The van der Waals surface area contributed by atoms with Crippen LogP contribution in [0.3, 0.4) is 0 Å². The Kier molecular flexibility index (Phi) is 5.70. The molecule has 6 heteroatoms. The number of benzene rings is 1. The van der Waals surface area contributed by atoms with Gasteiger partial charge >= 0.3 is 5.97 Å². The second-order valence-electron chi connectivity index (χ2n) is 7.30. The molecule has 0 unspecified atom stereocenters. The maximum absolute atomic E-state index is 13.3. The van der Waals surface area contributed by atoms with Crippen molar-refractivity contribution >= 4 is 27.5 Å². The Hall–Kier alpha value is -2.47. The standard InChI is InChI=1S/C22H26N2O3S/c1-7-14(4)27-22(26)15(5)24-11-23-20-19(21(24)25)18(16(6)28-20)17-9-8-12(2)13(3)10-17/h8-11,14-15H,7H2,1-6H3/t14-,15-/m0/s1. The molecule has 0 radical (unpaired) electrons. The number of hydrogen-bond donors (Lipinski definition) is 0. The highest BCUT2D eigenvalue weighted by molar-refractivity contribution is 7.19. The van der Waals surface area contributed by atoms with Crippen molar-refractivity contribution < 1.29 is 9.53 Å². The third-order valence-electron chi connectivity index (χ3n) is 5.26. The van der Waals surface area contributed by atoms with Gasteiger partial charge in [-0.25, -0.2) is 9.78 Å². The molecule has 0 spiro atoms. The average molecular weight is 399 g/mol. The van der Waals surface area contributed by atoms with Gasteiger partial charge in [-0.1, -0.05) is 25.1 Å². The Morgan fingerprint density at radius 3 is 2.57 bits per heavy atom. The van der Waals surface area contributed by atoms with Gasteiger partial charge in [0.05, 0.1) is 17.8 Å². The molecule has 2 heterocycles. The molecule has 0 amide bonds. The monoisotopic (exact) mass is 398 g/mol. The van der Waals surface area contributed by atoms with Crippen molar-refractivity contribution in [1.82, 2.24) is 9.55 Å². The molecule has 5 nitrogen and oxygen atoms in total. The topological polar surface area (TPSA) is 61.2 Å². The van der Waals surface area contributed by atoms with Crippen LogP contribution < -0.4 is 5.56 Å². The van der Waals surface area contributed by atoms with Crippen molar-refractivity contribution in [3.05, 3.63) is 50.9 Å². The normalized spacial score (nSPS) is 13.5. The van der Waals surface area contributed by atoms with Gasteiger partial charge in [0.2, 0.25) is 0 Å². The van der Waals surface area contributed by atoms with E-state index in [0.717, 1.165) is 22.4 Å². The summed E-state index contributed by atoms with van der Waals surface area (Å²) in [6.45, 7) is 11.6. The number of aromatic nitrogens is 2. The lowest BCUT2D eigenvalue weighted by molar-refractivity contribution is -0.152.